The van der Waals surface area contributed by atoms with E-state index >= 15 is 0 Å². The fourth-order valence-corrected chi connectivity index (χ4v) is 1.89. The minimum atomic E-state index is -0.271. The van der Waals surface area contributed by atoms with Crippen LogP contribution in [0.3, 0.4) is 0 Å². The first-order valence-corrected chi connectivity index (χ1v) is 5.77. The molecule has 1 fully saturated rings. The molecular formula is C12H13ClN2O2. The Bertz CT molecular complexity index is 456. The summed E-state index contributed by atoms with van der Waals surface area (Å²) in [7, 11) is 0. The smallest absolute Gasteiger partial charge is 0.312 e. The molecule has 1 aromatic carbocycles. The average molecular weight is 253 g/mol. The third-order valence-electron chi connectivity index (χ3n) is 2.70. The SMILES string of the molecule is CC(C)N1CC(=O)N(c2ccc(Cl)cc2)C1=O. The van der Waals surface area contributed by atoms with Crippen LogP contribution < -0.4 is 4.90 Å². The molecule has 0 bridgehead atoms. The summed E-state index contributed by atoms with van der Waals surface area (Å²) in [6.07, 6.45) is 0. The van der Waals surface area contributed by atoms with Gasteiger partial charge in [-0.1, -0.05) is 11.6 Å². The zero-order valence-electron chi connectivity index (χ0n) is 9.68. The molecule has 0 aromatic heterocycles. The van der Waals surface area contributed by atoms with Crippen molar-refractivity contribution < 1.29 is 9.59 Å². The maximum Gasteiger partial charge on any atom is 0.332 e. The van der Waals surface area contributed by atoms with Gasteiger partial charge in [0.25, 0.3) is 5.91 Å². The maximum atomic E-state index is 12.0. The lowest BCUT2D eigenvalue weighted by Crippen LogP contribution is -2.36. The highest BCUT2D eigenvalue weighted by molar-refractivity contribution is 6.30. The summed E-state index contributed by atoms with van der Waals surface area (Å²) < 4.78 is 0. The van der Waals surface area contributed by atoms with Crippen LogP contribution in [0, 0.1) is 0 Å². The van der Waals surface area contributed by atoms with Gasteiger partial charge in [-0.05, 0) is 38.1 Å². The van der Waals surface area contributed by atoms with Crippen molar-refractivity contribution in [3.8, 4) is 0 Å². The molecule has 5 heteroatoms. The molecule has 1 aliphatic rings. The summed E-state index contributed by atoms with van der Waals surface area (Å²) in [5.41, 5.74) is 0.563. The predicted octanol–water partition coefficient (Wildman–Crippen LogP) is 2.52. The van der Waals surface area contributed by atoms with Crippen molar-refractivity contribution in [3.63, 3.8) is 0 Å². The van der Waals surface area contributed by atoms with Gasteiger partial charge in [0, 0.05) is 11.1 Å². The predicted molar refractivity (Wildman–Crippen MR) is 66.2 cm³/mol. The monoisotopic (exact) mass is 252 g/mol. The first kappa shape index (κ1) is 11.9. The Hall–Kier alpha value is -1.55. The van der Waals surface area contributed by atoms with Gasteiger partial charge in [-0.2, -0.15) is 0 Å². The van der Waals surface area contributed by atoms with Crippen LogP contribution >= 0.6 is 11.6 Å². The molecule has 0 atom stereocenters. The van der Waals surface area contributed by atoms with Crippen molar-refractivity contribution in [1.29, 1.82) is 0 Å². The van der Waals surface area contributed by atoms with Gasteiger partial charge < -0.3 is 4.90 Å². The molecule has 0 saturated carbocycles. The third-order valence-corrected chi connectivity index (χ3v) is 2.95. The van der Waals surface area contributed by atoms with Gasteiger partial charge >= 0.3 is 6.03 Å². The lowest BCUT2D eigenvalue weighted by atomic mass is 10.3. The topological polar surface area (TPSA) is 40.6 Å². The number of hydrogen-bond acceptors (Lipinski definition) is 2. The number of carbonyl (C=O) groups is 2. The minimum Gasteiger partial charge on any atom is -0.312 e. The van der Waals surface area contributed by atoms with E-state index in [4.69, 9.17) is 11.6 Å². The Morgan fingerprint density at radius 2 is 1.76 bits per heavy atom. The molecule has 2 rings (SSSR count). The molecule has 0 spiro atoms. The normalized spacial score (nSPS) is 16.2. The van der Waals surface area contributed by atoms with Crippen LogP contribution in [-0.2, 0) is 4.79 Å². The highest BCUT2D eigenvalue weighted by atomic mass is 35.5. The molecule has 4 nitrogen and oxygen atoms in total. The number of hydrogen-bond donors (Lipinski definition) is 0. The van der Waals surface area contributed by atoms with Gasteiger partial charge in [-0.15, -0.1) is 0 Å². The number of benzene rings is 1. The molecule has 17 heavy (non-hydrogen) atoms. The number of imide groups is 1. The Morgan fingerprint density at radius 1 is 1.18 bits per heavy atom. The number of carbonyl (C=O) groups excluding carboxylic acids is 2. The lowest BCUT2D eigenvalue weighted by Gasteiger charge is -2.20. The van der Waals surface area contributed by atoms with Gasteiger partial charge in [0.15, 0.2) is 0 Å². The molecule has 3 amide bonds. The van der Waals surface area contributed by atoms with Gasteiger partial charge in [-0.25, -0.2) is 9.69 Å². The lowest BCUT2D eigenvalue weighted by molar-refractivity contribution is -0.116. The Morgan fingerprint density at radius 3 is 2.24 bits per heavy atom. The van der Waals surface area contributed by atoms with E-state index in [1.54, 1.807) is 24.3 Å². The van der Waals surface area contributed by atoms with E-state index in [-0.39, 0.29) is 24.5 Å². The van der Waals surface area contributed by atoms with Crippen LogP contribution in [0.4, 0.5) is 10.5 Å². The van der Waals surface area contributed by atoms with Crippen LogP contribution in [0.1, 0.15) is 13.8 Å². The minimum absolute atomic E-state index is 0.0174. The summed E-state index contributed by atoms with van der Waals surface area (Å²) in [6, 6.07) is 6.41. The van der Waals surface area contributed by atoms with Crippen LogP contribution in [0.15, 0.2) is 24.3 Å². The van der Waals surface area contributed by atoms with E-state index in [1.165, 1.54) is 9.80 Å². The molecule has 1 saturated heterocycles. The van der Waals surface area contributed by atoms with E-state index in [0.717, 1.165) is 0 Å². The molecular weight excluding hydrogens is 240 g/mol. The molecule has 1 heterocycles. The highest BCUT2D eigenvalue weighted by Crippen LogP contribution is 2.24. The van der Waals surface area contributed by atoms with Gasteiger partial charge in [0.05, 0.1) is 5.69 Å². The van der Waals surface area contributed by atoms with E-state index in [2.05, 4.69) is 0 Å². The number of anilines is 1. The Balaban J connectivity index is 2.30. The zero-order valence-corrected chi connectivity index (χ0v) is 10.4. The molecule has 0 radical (unpaired) electrons. The van der Waals surface area contributed by atoms with Crippen molar-refractivity contribution in [2.24, 2.45) is 0 Å². The number of halogens is 1. The molecule has 1 aliphatic heterocycles. The van der Waals surface area contributed by atoms with Crippen LogP contribution in [0.5, 0.6) is 0 Å². The standard InChI is InChI=1S/C12H13ClN2O2/c1-8(2)14-7-11(16)15(12(14)17)10-5-3-9(13)4-6-10/h3-6,8H,7H2,1-2H3. The maximum absolute atomic E-state index is 12.0. The largest absolute Gasteiger partial charge is 0.332 e. The van der Waals surface area contributed by atoms with Crippen molar-refractivity contribution in [2.45, 2.75) is 19.9 Å². The number of amides is 3. The van der Waals surface area contributed by atoms with Gasteiger partial charge in [-0.3, -0.25) is 4.79 Å². The molecule has 1 aromatic rings. The highest BCUT2D eigenvalue weighted by Gasteiger charge is 2.38. The zero-order chi connectivity index (χ0) is 12.6. The van der Waals surface area contributed by atoms with E-state index in [0.29, 0.717) is 10.7 Å². The summed E-state index contributed by atoms with van der Waals surface area (Å²) in [4.78, 5) is 26.6. The Kier molecular flexibility index (Phi) is 3.07. The molecule has 90 valence electrons. The van der Waals surface area contributed by atoms with Crippen LogP contribution in [0.2, 0.25) is 5.02 Å². The molecule has 0 unspecified atom stereocenters. The average Bonchev–Trinajstić information content (AvgIpc) is 2.56. The quantitative estimate of drug-likeness (QED) is 0.759. The Labute approximate surface area is 105 Å². The van der Waals surface area contributed by atoms with Gasteiger partial charge in [0.1, 0.15) is 6.54 Å². The fourth-order valence-electron chi connectivity index (χ4n) is 1.77. The van der Waals surface area contributed by atoms with Crippen LogP contribution in [-0.4, -0.2) is 29.4 Å². The van der Waals surface area contributed by atoms with Crippen LogP contribution in [0.25, 0.3) is 0 Å². The fraction of sp³-hybridized carbons (Fsp3) is 0.333. The number of urea groups is 1. The number of rotatable bonds is 2. The summed E-state index contributed by atoms with van der Waals surface area (Å²) in [5.74, 6) is -0.203. The van der Waals surface area contributed by atoms with Gasteiger partial charge in [0.2, 0.25) is 0 Å². The van der Waals surface area contributed by atoms with Crippen molar-refractivity contribution in [2.75, 3.05) is 11.4 Å². The second-order valence-corrected chi connectivity index (χ2v) is 4.65. The molecule has 0 N–H and O–H groups in total. The van der Waals surface area contributed by atoms with E-state index in [9.17, 15) is 9.59 Å². The molecule has 0 aliphatic carbocycles. The first-order chi connectivity index (χ1) is 8.00. The van der Waals surface area contributed by atoms with E-state index in [1.807, 2.05) is 13.8 Å². The third kappa shape index (κ3) is 2.13. The van der Waals surface area contributed by atoms with Crippen molar-refractivity contribution in [1.82, 2.24) is 4.90 Å². The van der Waals surface area contributed by atoms with E-state index < -0.39 is 0 Å². The summed E-state index contributed by atoms with van der Waals surface area (Å²) in [5, 5.41) is 0.577. The second kappa shape index (κ2) is 4.37. The number of nitrogens with zero attached hydrogens (tertiary/aromatic N) is 2. The van der Waals surface area contributed by atoms with Crippen molar-refractivity contribution >= 4 is 29.2 Å². The second-order valence-electron chi connectivity index (χ2n) is 4.21. The van der Waals surface area contributed by atoms with Crippen molar-refractivity contribution in [3.05, 3.63) is 29.3 Å². The first-order valence-electron chi connectivity index (χ1n) is 5.40. The summed E-state index contributed by atoms with van der Waals surface area (Å²) >= 11 is 5.77. The summed E-state index contributed by atoms with van der Waals surface area (Å²) in [6.45, 7) is 3.91.